The third-order valence-electron chi connectivity index (χ3n) is 4.79. The van der Waals surface area contributed by atoms with E-state index in [1.807, 2.05) is 48.8 Å². The summed E-state index contributed by atoms with van der Waals surface area (Å²) in [4.78, 5) is 9.21. The number of pyridine rings is 2. The largest absolute Gasteiger partial charge is 0.417 e. The standard InChI is InChI=1S/C20H13N4O/c1-2-7-14(8-3-1)24-18-17-15(9-5-11-22-17)25-20(18)23-12-13-6-4-10-21-16(13)19(23)24/h1-11H,12H2/q+1. The van der Waals surface area contributed by atoms with Gasteiger partial charge in [-0.3, -0.25) is 0 Å². The lowest BCUT2D eigenvalue weighted by atomic mass is 10.2. The van der Waals surface area contributed by atoms with E-state index in [1.165, 1.54) is 5.56 Å². The van der Waals surface area contributed by atoms with Crippen LogP contribution in [-0.4, -0.2) is 14.5 Å². The van der Waals surface area contributed by atoms with Gasteiger partial charge in [0.2, 0.25) is 5.52 Å². The summed E-state index contributed by atoms with van der Waals surface area (Å²) in [5.74, 6) is 1.04. The molecule has 0 aliphatic carbocycles. The summed E-state index contributed by atoms with van der Waals surface area (Å²) in [5, 5.41) is 0. The van der Waals surface area contributed by atoms with Crippen molar-refractivity contribution in [2.24, 2.45) is 0 Å². The number of hydrogen-bond donors (Lipinski definition) is 0. The number of benzene rings is 1. The second-order valence-corrected chi connectivity index (χ2v) is 6.20. The lowest BCUT2D eigenvalue weighted by Gasteiger charge is -2.00. The zero-order chi connectivity index (χ0) is 16.4. The molecular formula is C20H13N4O+. The fraction of sp³-hybridized carbons (Fsp3) is 0.0500. The molecule has 5 heteroatoms. The van der Waals surface area contributed by atoms with Crippen LogP contribution in [0.5, 0.6) is 0 Å². The normalized spacial score (nSPS) is 12.6. The summed E-state index contributed by atoms with van der Waals surface area (Å²) < 4.78 is 10.6. The van der Waals surface area contributed by atoms with Gasteiger partial charge in [0.15, 0.2) is 16.8 Å². The molecule has 1 aliphatic rings. The number of imidazole rings is 1. The quantitative estimate of drug-likeness (QED) is 0.435. The van der Waals surface area contributed by atoms with Crippen LogP contribution >= 0.6 is 0 Å². The zero-order valence-corrected chi connectivity index (χ0v) is 13.3. The topological polar surface area (TPSA) is 47.7 Å². The lowest BCUT2D eigenvalue weighted by molar-refractivity contribution is -0.652. The fourth-order valence-corrected chi connectivity index (χ4v) is 3.76. The molecule has 0 amide bonds. The molecule has 0 atom stereocenters. The minimum Gasteiger partial charge on any atom is -0.417 e. The molecule has 5 nitrogen and oxygen atoms in total. The van der Waals surface area contributed by atoms with Gasteiger partial charge in [-0.1, -0.05) is 24.3 Å². The number of hydrogen-bond acceptors (Lipinski definition) is 3. The number of nitrogens with zero attached hydrogens (tertiary/aromatic N) is 4. The van der Waals surface area contributed by atoms with Crippen molar-refractivity contribution in [3.63, 3.8) is 0 Å². The van der Waals surface area contributed by atoms with Crippen LogP contribution in [0.3, 0.4) is 0 Å². The Morgan fingerprint density at radius 3 is 2.68 bits per heavy atom. The average Bonchev–Trinajstić information content (AvgIpc) is 3.30. The first kappa shape index (κ1) is 12.9. The van der Waals surface area contributed by atoms with E-state index >= 15 is 0 Å². The average molecular weight is 325 g/mol. The monoisotopic (exact) mass is 325 g/mol. The maximum atomic E-state index is 6.18. The number of fused-ring (bicyclic) bond motifs is 7. The minimum absolute atomic E-state index is 0.759. The smallest absolute Gasteiger partial charge is 0.341 e. The third kappa shape index (κ3) is 1.59. The molecule has 5 aromatic rings. The van der Waals surface area contributed by atoms with Crippen LogP contribution in [0, 0.1) is 0 Å². The minimum atomic E-state index is 0.759. The molecule has 25 heavy (non-hydrogen) atoms. The number of rotatable bonds is 1. The van der Waals surface area contributed by atoms with Crippen molar-refractivity contribution in [2.45, 2.75) is 6.54 Å². The van der Waals surface area contributed by atoms with E-state index in [0.717, 1.165) is 46.1 Å². The van der Waals surface area contributed by atoms with Crippen molar-refractivity contribution >= 4 is 22.3 Å². The van der Waals surface area contributed by atoms with Gasteiger partial charge in [0.05, 0.1) is 0 Å². The van der Waals surface area contributed by atoms with E-state index in [0.29, 0.717) is 0 Å². The van der Waals surface area contributed by atoms with Gasteiger partial charge in [-0.2, -0.15) is 9.13 Å². The maximum Gasteiger partial charge on any atom is 0.341 e. The van der Waals surface area contributed by atoms with Crippen molar-refractivity contribution in [1.82, 2.24) is 14.5 Å². The molecule has 0 saturated carbocycles. The molecule has 1 aromatic carbocycles. The van der Waals surface area contributed by atoms with Crippen molar-refractivity contribution in [2.75, 3.05) is 0 Å². The SMILES string of the molecule is c1ccc(-n2c3[n+](c4oc5cccnc5c42)Cc2cccnc2-3)cc1. The van der Waals surface area contributed by atoms with Crippen LogP contribution in [0.4, 0.5) is 0 Å². The highest BCUT2D eigenvalue weighted by Crippen LogP contribution is 2.36. The molecule has 1 aliphatic heterocycles. The molecule has 0 spiro atoms. The Morgan fingerprint density at radius 2 is 1.76 bits per heavy atom. The Morgan fingerprint density at radius 1 is 0.920 bits per heavy atom. The van der Waals surface area contributed by atoms with Gasteiger partial charge < -0.3 is 4.42 Å². The van der Waals surface area contributed by atoms with E-state index < -0.39 is 0 Å². The molecular weight excluding hydrogens is 312 g/mol. The van der Waals surface area contributed by atoms with Gasteiger partial charge in [-0.25, -0.2) is 9.97 Å². The molecule has 0 radical (unpaired) electrons. The molecule has 4 aromatic heterocycles. The van der Waals surface area contributed by atoms with Crippen LogP contribution in [0.15, 0.2) is 71.4 Å². The van der Waals surface area contributed by atoms with Crippen molar-refractivity contribution in [3.8, 4) is 17.2 Å². The van der Waals surface area contributed by atoms with E-state index in [2.05, 4.69) is 37.3 Å². The molecule has 5 heterocycles. The molecule has 6 rings (SSSR count). The van der Waals surface area contributed by atoms with Gasteiger partial charge in [-0.15, -0.1) is 0 Å². The number of furan rings is 1. The summed E-state index contributed by atoms with van der Waals surface area (Å²) in [5.41, 5.74) is 6.79. The van der Waals surface area contributed by atoms with Gasteiger partial charge >= 0.3 is 11.5 Å². The lowest BCUT2D eigenvalue weighted by Crippen LogP contribution is -2.31. The fourth-order valence-electron chi connectivity index (χ4n) is 3.76. The Bertz CT molecular complexity index is 1270. The molecule has 0 fully saturated rings. The second kappa shape index (κ2) is 4.54. The van der Waals surface area contributed by atoms with Gasteiger partial charge in [-0.05, 0) is 30.3 Å². The van der Waals surface area contributed by atoms with E-state index in [9.17, 15) is 0 Å². The first-order valence-corrected chi connectivity index (χ1v) is 8.23. The Balaban J connectivity index is 1.84. The van der Waals surface area contributed by atoms with Crippen molar-refractivity contribution < 1.29 is 8.98 Å². The van der Waals surface area contributed by atoms with Gasteiger partial charge in [0.1, 0.15) is 12.2 Å². The molecule has 0 N–H and O–H groups in total. The predicted molar refractivity (Wildman–Crippen MR) is 93.4 cm³/mol. The van der Waals surface area contributed by atoms with Gasteiger partial charge in [0.25, 0.3) is 0 Å². The summed E-state index contributed by atoms with van der Waals surface area (Å²) >= 11 is 0. The van der Waals surface area contributed by atoms with Crippen LogP contribution in [0.2, 0.25) is 0 Å². The van der Waals surface area contributed by atoms with E-state index in [1.54, 1.807) is 0 Å². The summed E-state index contributed by atoms with van der Waals surface area (Å²) in [6, 6.07) is 18.3. The first-order chi connectivity index (χ1) is 12.4. The summed E-state index contributed by atoms with van der Waals surface area (Å²) in [6.07, 6.45) is 3.65. The van der Waals surface area contributed by atoms with Crippen LogP contribution in [0.1, 0.15) is 5.56 Å². The second-order valence-electron chi connectivity index (χ2n) is 6.20. The van der Waals surface area contributed by atoms with Gasteiger partial charge in [0, 0.05) is 18.0 Å². The van der Waals surface area contributed by atoms with Crippen LogP contribution < -0.4 is 4.57 Å². The maximum absolute atomic E-state index is 6.18. The Hall–Kier alpha value is -3.47. The molecule has 0 unspecified atom stereocenters. The van der Waals surface area contributed by atoms with E-state index in [-0.39, 0.29) is 0 Å². The number of aromatic nitrogens is 4. The molecule has 0 saturated heterocycles. The van der Waals surface area contributed by atoms with Crippen molar-refractivity contribution in [3.05, 3.63) is 72.6 Å². The third-order valence-corrected chi connectivity index (χ3v) is 4.79. The number of para-hydroxylation sites is 1. The highest BCUT2D eigenvalue weighted by molar-refractivity contribution is 5.99. The highest BCUT2D eigenvalue weighted by Gasteiger charge is 2.39. The van der Waals surface area contributed by atoms with Crippen molar-refractivity contribution in [1.29, 1.82) is 0 Å². The molecule has 0 bridgehead atoms. The Labute approximate surface area is 142 Å². The summed E-state index contributed by atoms with van der Waals surface area (Å²) in [6.45, 7) is 0.759. The molecule has 118 valence electrons. The highest BCUT2D eigenvalue weighted by atomic mass is 16.3. The Kier molecular flexibility index (Phi) is 2.34. The van der Waals surface area contributed by atoms with Crippen LogP contribution in [-0.2, 0) is 6.54 Å². The zero-order valence-electron chi connectivity index (χ0n) is 13.3. The summed E-state index contributed by atoms with van der Waals surface area (Å²) in [7, 11) is 0. The van der Waals surface area contributed by atoms with Crippen LogP contribution in [0.25, 0.3) is 39.5 Å². The first-order valence-electron chi connectivity index (χ1n) is 8.23. The predicted octanol–water partition coefficient (Wildman–Crippen LogP) is 3.48. The van der Waals surface area contributed by atoms with E-state index in [4.69, 9.17) is 4.42 Å².